The zero-order chi connectivity index (χ0) is 15.8. The third-order valence-electron chi connectivity index (χ3n) is 3.12. The topological polar surface area (TPSA) is 26.3 Å². The summed E-state index contributed by atoms with van der Waals surface area (Å²) in [5, 5.41) is 0. The van der Waals surface area contributed by atoms with Crippen LogP contribution in [-0.4, -0.2) is 12.4 Å². The van der Waals surface area contributed by atoms with E-state index in [1.165, 1.54) is 5.57 Å². The smallest absolute Gasteiger partial charge is 0.185 e. The first-order chi connectivity index (χ1) is 10.7. The maximum atomic E-state index is 12.1. The van der Waals surface area contributed by atoms with E-state index >= 15 is 0 Å². The Labute approximate surface area is 131 Å². The minimum Gasteiger partial charge on any atom is -0.489 e. The first-order valence-electron chi connectivity index (χ1n) is 7.29. The molecule has 2 heteroatoms. The van der Waals surface area contributed by atoms with Gasteiger partial charge in [-0.15, -0.1) is 0 Å². The van der Waals surface area contributed by atoms with E-state index < -0.39 is 0 Å². The average molecular weight is 292 g/mol. The molecule has 2 nitrogen and oxygen atoms in total. The van der Waals surface area contributed by atoms with Gasteiger partial charge in [0.15, 0.2) is 5.78 Å². The minimum absolute atomic E-state index is 0.0142. The van der Waals surface area contributed by atoms with Crippen LogP contribution in [0.3, 0.4) is 0 Å². The Hall–Kier alpha value is -2.61. The second-order valence-electron chi connectivity index (χ2n) is 5.19. The number of ketones is 1. The highest BCUT2D eigenvalue weighted by molar-refractivity contribution is 6.06. The third-order valence-corrected chi connectivity index (χ3v) is 3.12. The van der Waals surface area contributed by atoms with Gasteiger partial charge in [-0.25, -0.2) is 0 Å². The van der Waals surface area contributed by atoms with Gasteiger partial charge in [0.25, 0.3) is 0 Å². The van der Waals surface area contributed by atoms with E-state index in [-0.39, 0.29) is 5.78 Å². The van der Waals surface area contributed by atoms with E-state index in [9.17, 15) is 4.79 Å². The molecule has 0 fully saturated rings. The number of allylic oxidation sites excluding steroid dienone is 2. The summed E-state index contributed by atoms with van der Waals surface area (Å²) in [6, 6.07) is 16.9. The summed E-state index contributed by atoms with van der Waals surface area (Å²) in [5.74, 6) is 0.761. The van der Waals surface area contributed by atoms with E-state index in [2.05, 4.69) is 0 Å². The van der Waals surface area contributed by atoms with Crippen LogP contribution in [0.25, 0.3) is 6.08 Å². The Morgan fingerprint density at radius 2 is 1.68 bits per heavy atom. The van der Waals surface area contributed by atoms with E-state index in [1.54, 1.807) is 12.2 Å². The Kier molecular flexibility index (Phi) is 5.73. The normalized spacial score (nSPS) is 10.5. The number of benzene rings is 2. The summed E-state index contributed by atoms with van der Waals surface area (Å²) in [6.45, 7) is 4.60. The third kappa shape index (κ3) is 4.74. The van der Waals surface area contributed by atoms with Crippen LogP contribution in [0.1, 0.15) is 29.8 Å². The van der Waals surface area contributed by atoms with Crippen LogP contribution in [-0.2, 0) is 0 Å². The van der Waals surface area contributed by atoms with Crippen LogP contribution in [0.15, 0.2) is 72.3 Å². The number of carbonyl (C=O) groups is 1. The number of hydrogen-bond acceptors (Lipinski definition) is 2. The molecule has 0 saturated heterocycles. The summed E-state index contributed by atoms with van der Waals surface area (Å²) in [5.41, 5.74) is 2.79. The van der Waals surface area contributed by atoms with Crippen molar-refractivity contribution in [3.05, 3.63) is 83.4 Å². The van der Waals surface area contributed by atoms with Crippen LogP contribution in [0.5, 0.6) is 5.75 Å². The molecule has 0 aliphatic carbocycles. The van der Waals surface area contributed by atoms with Crippen molar-refractivity contribution in [2.24, 2.45) is 0 Å². The van der Waals surface area contributed by atoms with Gasteiger partial charge >= 0.3 is 0 Å². The monoisotopic (exact) mass is 292 g/mol. The average Bonchev–Trinajstić information content (AvgIpc) is 2.54. The molecule has 0 atom stereocenters. The lowest BCUT2D eigenvalue weighted by molar-refractivity contribution is 0.104. The summed E-state index contributed by atoms with van der Waals surface area (Å²) in [7, 11) is 0. The molecule has 0 amide bonds. The van der Waals surface area contributed by atoms with Crippen molar-refractivity contribution in [1.29, 1.82) is 0 Å². The second kappa shape index (κ2) is 7.99. The van der Waals surface area contributed by atoms with Crippen LogP contribution in [0.2, 0.25) is 0 Å². The van der Waals surface area contributed by atoms with Crippen LogP contribution in [0, 0.1) is 0 Å². The Bertz CT molecular complexity index is 678. The molecule has 112 valence electrons. The summed E-state index contributed by atoms with van der Waals surface area (Å²) in [6.07, 6.45) is 5.40. The molecule has 0 aromatic heterocycles. The lowest BCUT2D eigenvalue weighted by Crippen LogP contribution is -1.97. The molecule has 0 aliphatic heterocycles. The largest absolute Gasteiger partial charge is 0.489 e. The van der Waals surface area contributed by atoms with Gasteiger partial charge in [-0.05, 0) is 38.1 Å². The number of rotatable bonds is 6. The quantitative estimate of drug-likeness (QED) is 0.429. The summed E-state index contributed by atoms with van der Waals surface area (Å²) >= 11 is 0. The maximum absolute atomic E-state index is 12.1. The molecular weight excluding hydrogens is 272 g/mol. The first-order valence-corrected chi connectivity index (χ1v) is 7.29. The standard InChI is InChI=1S/C20H20O2/c1-16(2)14-15-22-20-11-7-6-10-18(20)12-13-19(21)17-8-4-3-5-9-17/h3-14H,15H2,1-2H3. The fourth-order valence-electron chi connectivity index (χ4n) is 1.91. The van der Waals surface area contributed by atoms with E-state index in [4.69, 9.17) is 4.74 Å². The number of para-hydroxylation sites is 1. The number of hydrogen-bond donors (Lipinski definition) is 0. The van der Waals surface area contributed by atoms with Crippen LogP contribution >= 0.6 is 0 Å². The van der Waals surface area contributed by atoms with Crippen molar-refractivity contribution >= 4 is 11.9 Å². The molecule has 0 bridgehead atoms. The van der Waals surface area contributed by atoms with E-state index in [1.807, 2.05) is 74.5 Å². The molecule has 0 spiro atoms. The van der Waals surface area contributed by atoms with Crippen molar-refractivity contribution in [3.8, 4) is 5.75 Å². The lowest BCUT2D eigenvalue weighted by Gasteiger charge is -2.07. The minimum atomic E-state index is -0.0142. The van der Waals surface area contributed by atoms with Gasteiger partial charge < -0.3 is 4.74 Å². The molecule has 0 heterocycles. The van der Waals surface area contributed by atoms with Gasteiger partial charge in [0.1, 0.15) is 12.4 Å². The Balaban J connectivity index is 2.10. The fraction of sp³-hybridized carbons (Fsp3) is 0.150. The maximum Gasteiger partial charge on any atom is 0.185 e. The molecule has 2 aromatic rings. The van der Waals surface area contributed by atoms with Gasteiger partial charge in [0.05, 0.1) is 0 Å². The molecule has 0 aliphatic rings. The summed E-state index contributed by atoms with van der Waals surface area (Å²) < 4.78 is 5.75. The van der Waals surface area contributed by atoms with Crippen molar-refractivity contribution in [1.82, 2.24) is 0 Å². The molecule has 22 heavy (non-hydrogen) atoms. The molecule has 0 saturated carbocycles. The van der Waals surface area contributed by atoms with Crippen LogP contribution in [0.4, 0.5) is 0 Å². The van der Waals surface area contributed by atoms with Crippen molar-refractivity contribution in [2.75, 3.05) is 6.61 Å². The van der Waals surface area contributed by atoms with E-state index in [0.717, 1.165) is 11.3 Å². The zero-order valence-corrected chi connectivity index (χ0v) is 13.0. The molecule has 0 N–H and O–H groups in total. The predicted octanol–water partition coefficient (Wildman–Crippen LogP) is 4.93. The van der Waals surface area contributed by atoms with E-state index in [0.29, 0.717) is 12.2 Å². The van der Waals surface area contributed by atoms with Crippen molar-refractivity contribution < 1.29 is 9.53 Å². The van der Waals surface area contributed by atoms with Crippen molar-refractivity contribution in [2.45, 2.75) is 13.8 Å². The lowest BCUT2D eigenvalue weighted by atomic mass is 10.1. The Morgan fingerprint density at radius 1 is 1.00 bits per heavy atom. The predicted molar refractivity (Wildman–Crippen MR) is 91.2 cm³/mol. The molecule has 2 aromatic carbocycles. The second-order valence-corrected chi connectivity index (χ2v) is 5.19. The molecule has 0 radical (unpaired) electrons. The fourth-order valence-corrected chi connectivity index (χ4v) is 1.91. The first kappa shape index (κ1) is 15.8. The van der Waals surface area contributed by atoms with Gasteiger partial charge in [0.2, 0.25) is 0 Å². The van der Waals surface area contributed by atoms with Gasteiger partial charge in [-0.3, -0.25) is 4.79 Å². The zero-order valence-electron chi connectivity index (χ0n) is 13.0. The highest BCUT2D eigenvalue weighted by Crippen LogP contribution is 2.20. The molecule has 0 unspecified atom stereocenters. The van der Waals surface area contributed by atoms with Gasteiger partial charge in [-0.1, -0.05) is 54.1 Å². The highest BCUT2D eigenvalue weighted by Gasteiger charge is 2.02. The highest BCUT2D eigenvalue weighted by atomic mass is 16.5. The number of carbonyl (C=O) groups excluding carboxylic acids is 1. The van der Waals surface area contributed by atoms with Gasteiger partial charge in [0, 0.05) is 11.1 Å². The van der Waals surface area contributed by atoms with Crippen LogP contribution < -0.4 is 4.74 Å². The number of ether oxygens (including phenoxy) is 1. The summed E-state index contributed by atoms with van der Waals surface area (Å²) in [4.78, 5) is 12.1. The van der Waals surface area contributed by atoms with Gasteiger partial charge in [-0.2, -0.15) is 0 Å². The SMILES string of the molecule is CC(C)=CCOc1ccccc1C=CC(=O)c1ccccc1. The van der Waals surface area contributed by atoms with Crippen molar-refractivity contribution in [3.63, 3.8) is 0 Å². The molecular formula is C20H20O2. The molecule has 2 rings (SSSR count). The Morgan fingerprint density at radius 3 is 2.41 bits per heavy atom.